The molecular weight excluding hydrogens is 349 g/mol. The normalized spacial score (nSPS) is 12.1. The van der Waals surface area contributed by atoms with Gasteiger partial charge in [-0.25, -0.2) is 4.79 Å². The highest BCUT2D eigenvalue weighted by molar-refractivity contribution is 6.34. The predicted molar refractivity (Wildman–Crippen MR) is 94.8 cm³/mol. The monoisotopic (exact) mass is 361 g/mol. The molecule has 0 aliphatic carbocycles. The van der Waals surface area contributed by atoms with Gasteiger partial charge >= 0.3 is 5.63 Å². The molecule has 1 unspecified atom stereocenters. The molecule has 4 nitrogen and oxygen atoms in total. The van der Waals surface area contributed by atoms with Crippen molar-refractivity contribution in [3.05, 3.63) is 80.1 Å². The van der Waals surface area contributed by atoms with Crippen LogP contribution in [0.5, 0.6) is 0 Å². The third kappa shape index (κ3) is 3.30. The number of fused-ring (bicyclic) bond motifs is 1. The van der Waals surface area contributed by atoms with Crippen LogP contribution in [-0.2, 0) is 0 Å². The van der Waals surface area contributed by atoms with Crippen LogP contribution in [-0.4, -0.2) is 5.91 Å². The van der Waals surface area contributed by atoms with E-state index < -0.39 is 11.5 Å². The summed E-state index contributed by atoms with van der Waals surface area (Å²) in [6.45, 7) is 1.82. The first-order valence-electron chi connectivity index (χ1n) is 7.24. The summed E-state index contributed by atoms with van der Waals surface area (Å²) in [6, 6.07) is 13.4. The van der Waals surface area contributed by atoms with E-state index in [0.29, 0.717) is 15.4 Å². The number of carbonyl (C=O) groups is 1. The van der Waals surface area contributed by atoms with Gasteiger partial charge in [-0.05, 0) is 36.8 Å². The second-order valence-electron chi connectivity index (χ2n) is 5.35. The summed E-state index contributed by atoms with van der Waals surface area (Å²) in [4.78, 5) is 24.5. The van der Waals surface area contributed by atoms with Crippen molar-refractivity contribution < 1.29 is 9.21 Å². The summed E-state index contributed by atoms with van der Waals surface area (Å²) in [7, 11) is 0. The summed E-state index contributed by atoms with van der Waals surface area (Å²) in [5.74, 6) is -0.506. The number of hydrogen-bond acceptors (Lipinski definition) is 3. The van der Waals surface area contributed by atoms with Crippen LogP contribution >= 0.6 is 23.2 Å². The number of amides is 1. The van der Waals surface area contributed by atoms with Crippen molar-refractivity contribution in [1.29, 1.82) is 0 Å². The molecule has 0 aliphatic rings. The van der Waals surface area contributed by atoms with E-state index in [-0.39, 0.29) is 17.2 Å². The Kier molecular flexibility index (Phi) is 4.60. The van der Waals surface area contributed by atoms with Crippen molar-refractivity contribution in [3.8, 4) is 0 Å². The maximum Gasteiger partial charge on any atom is 0.349 e. The number of rotatable bonds is 3. The van der Waals surface area contributed by atoms with E-state index in [1.54, 1.807) is 30.3 Å². The smallest absolute Gasteiger partial charge is 0.349 e. The van der Waals surface area contributed by atoms with Crippen LogP contribution in [0.2, 0.25) is 10.0 Å². The lowest BCUT2D eigenvalue weighted by Gasteiger charge is -2.14. The van der Waals surface area contributed by atoms with E-state index in [1.807, 2.05) is 19.1 Å². The summed E-state index contributed by atoms with van der Waals surface area (Å²) < 4.78 is 5.18. The topological polar surface area (TPSA) is 59.3 Å². The van der Waals surface area contributed by atoms with Crippen molar-refractivity contribution in [3.63, 3.8) is 0 Å². The van der Waals surface area contributed by atoms with E-state index in [1.165, 1.54) is 6.07 Å². The van der Waals surface area contributed by atoms with E-state index in [2.05, 4.69) is 5.32 Å². The Hall–Kier alpha value is -2.30. The van der Waals surface area contributed by atoms with Gasteiger partial charge in [-0.15, -0.1) is 0 Å². The molecule has 6 heteroatoms. The fourth-order valence-electron chi connectivity index (χ4n) is 2.38. The molecule has 1 N–H and O–H groups in total. The molecule has 1 amide bonds. The van der Waals surface area contributed by atoms with Gasteiger partial charge in [-0.2, -0.15) is 0 Å². The summed E-state index contributed by atoms with van der Waals surface area (Å²) in [5.41, 5.74) is 0.356. The highest BCUT2D eigenvalue weighted by Gasteiger charge is 2.17. The van der Waals surface area contributed by atoms with Crippen molar-refractivity contribution in [2.45, 2.75) is 13.0 Å². The zero-order valence-corrected chi connectivity index (χ0v) is 14.2. The number of benzene rings is 2. The Morgan fingerprint density at radius 1 is 1.12 bits per heavy atom. The predicted octanol–water partition coefficient (Wildman–Crippen LogP) is 4.59. The van der Waals surface area contributed by atoms with E-state index in [9.17, 15) is 9.59 Å². The SMILES string of the molecule is CC(NC(=O)c1cc2cccc(Cl)c2oc1=O)c1ccc(Cl)cc1. The maximum atomic E-state index is 12.4. The Morgan fingerprint density at radius 3 is 2.54 bits per heavy atom. The van der Waals surface area contributed by atoms with Crippen LogP contribution in [0.4, 0.5) is 0 Å². The van der Waals surface area contributed by atoms with Gasteiger partial charge in [-0.3, -0.25) is 4.79 Å². The molecule has 0 aliphatic heterocycles. The summed E-state index contributed by atoms with van der Waals surface area (Å²) in [6.07, 6.45) is 0. The number of carbonyl (C=O) groups excluding carboxylic acids is 1. The van der Waals surface area contributed by atoms with Crippen molar-refractivity contribution in [2.75, 3.05) is 0 Å². The fourth-order valence-corrected chi connectivity index (χ4v) is 2.72. The summed E-state index contributed by atoms with van der Waals surface area (Å²) >= 11 is 11.8. The Balaban J connectivity index is 1.90. The second kappa shape index (κ2) is 6.67. The molecule has 3 rings (SSSR count). The lowest BCUT2D eigenvalue weighted by molar-refractivity contribution is 0.0936. The van der Waals surface area contributed by atoms with Gasteiger partial charge in [0.1, 0.15) is 5.56 Å². The van der Waals surface area contributed by atoms with Crippen LogP contribution in [0.15, 0.2) is 57.7 Å². The Labute approximate surface area is 148 Å². The zero-order chi connectivity index (χ0) is 17.3. The molecule has 0 spiro atoms. The molecular formula is C18H13Cl2NO3. The molecule has 0 saturated carbocycles. The standard InChI is InChI=1S/C18H13Cl2NO3/c1-10(11-5-7-13(19)8-6-11)21-17(22)14-9-12-3-2-4-15(20)16(12)24-18(14)23/h2-10H,1H3,(H,21,22). The maximum absolute atomic E-state index is 12.4. The number of nitrogens with one attached hydrogen (secondary N) is 1. The molecule has 1 atom stereocenters. The quantitative estimate of drug-likeness (QED) is 0.694. The first-order valence-corrected chi connectivity index (χ1v) is 8.00. The average molecular weight is 362 g/mol. The van der Waals surface area contributed by atoms with Gasteiger partial charge in [0, 0.05) is 10.4 Å². The van der Waals surface area contributed by atoms with Gasteiger partial charge in [0.15, 0.2) is 5.58 Å². The minimum absolute atomic E-state index is 0.0643. The zero-order valence-electron chi connectivity index (χ0n) is 12.7. The molecule has 1 aromatic heterocycles. The van der Waals surface area contributed by atoms with Gasteiger partial charge in [0.25, 0.3) is 5.91 Å². The van der Waals surface area contributed by atoms with Crippen LogP contribution in [0.3, 0.4) is 0 Å². The van der Waals surface area contributed by atoms with E-state index in [0.717, 1.165) is 5.56 Å². The van der Waals surface area contributed by atoms with Gasteiger partial charge in [0.05, 0.1) is 11.1 Å². The van der Waals surface area contributed by atoms with Gasteiger partial charge in [-0.1, -0.05) is 47.5 Å². The van der Waals surface area contributed by atoms with Gasteiger partial charge in [0.2, 0.25) is 0 Å². The van der Waals surface area contributed by atoms with Crippen molar-refractivity contribution in [2.24, 2.45) is 0 Å². The molecule has 122 valence electrons. The first-order chi connectivity index (χ1) is 11.5. The van der Waals surface area contributed by atoms with Crippen molar-refractivity contribution >= 4 is 40.1 Å². The first kappa shape index (κ1) is 16.6. The second-order valence-corrected chi connectivity index (χ2v) is 6.20. The van der Waals surface area contributed by atoms with Crippen molar-refractivity contribution in [1.82, 2.24) is 5.32 Å². The number of hydrogen-bond donors (Lipinski definition) is 1. The molecule has 3 aromatic rings. The number of para-hydroxylation sites is 1. The molecule has 0 saturated heterocycles. The molecule has 0 bridgehead atoms. The number of halogens is 2. The summed E-state index contributed by atoms with van der Waals surface area (Å²) in [5, 5.41) is 4.31. The largest absolute Gasteiger partial charge is 0.421 e. The fraction of sp³-hybridized carbons (Fsp3) is 0.111. The van der Waals surface area contributed by atoms with Crippen LogP contribution < -0.4 is 10.9 Å². The average Bonchev–Trinajstić information content (AvgIpc) is 2.55. The Morgan fingerprint density at radius 2 is 1.83 bits per heavy atom. The van der Waals surface area contributed by atoms with Crippen LogP contribution in [0, 0.1) is 0 Å². The molecule has 24 heavy (non-hydrogen) atoms. The highest BCUT2D eigenvalue weighted by Crippen LogP contribution is 2.22. The molecule has 0 radical (unpaired) electrons. The molecule has 1 heterocycles. The third-order valence-electron chi connectivity index (χ3n) is 3.67. The Bertz CT molecular complexity index is 964. The third-order valence-corrected chi connectivity index (χ3v) is 4.22. The highest BCUT2D eigenvalue weighted by atomic mass is 35.5. The van der Waals surface area contributed by atoms with Crippen LogP contribution in [0.1, 0.15) is 28.9 Å². The van der Waals surface area contributed by atoms with E-state index in [4.69, 9.17) is 27.6 Å². The minimum Gasteiger partial charge on any atom is -0.421 e. The van der Waals surface area contributed by atoms with E-state index >= 15 is 0 Å². The molecule has 2 aromatic carbocycles. The lowest BCUT2D eigenvalue weighted by atomic mass is 10.1. The minimum atomic E-state index is -0.726. The lowest BCUT2D eigenvalue weighted by Crippen LogP contribution is -2.30. The van der Waals surface area contributed by atoms with Gasteiger partial charge < -0.3 is 9.73 Å². The van der Waals surface area contributed by atoms with Crippen LogP contribution in [0.25, 0.3) is 11.0 Å². The molecule has 0 fully saturated rings.